The minimum Gasteiger partial charge on any atom is -0.356 e. The smallest absolute Gasteiger partial charge is 0.223 e. The number of piperidine rings is 2. The van der Waals surface area contributed by atoms with Crippen molar-refractivity contribution >= 4 is 5.91 Å². The summed E-state index contributed by atoms with van der Waals surface area (Å²) < 4.78 is 0. The number of likely N-dealkylation sites (tertiary alicyclic amines) is 2. The van der Waals surface area contributed by atoms with Gasteiger partial charge in [-0.2, -0.15) is 0 Å². The van der Waals surface area contributed by atoms with Gasteiger partial charge >= 0.3 is 0 Å². The molecule has 24 heavy (non-hydrogen) atoms. The molecule has 2 unspecified atom stereocenters. The molecule has 2 fully saturated rings. The Hall–Kier alpha value is -0.610. The molecule has 2 heterocycles. The predicted molar refractivity (Wildman–Crippen MR) is 101 cm³/mol. The maximum atomic E-state index is 12.4. The topological polar surface area (TPSA) is 35.6 Å². The third kappa shape index (κ3) is 5.73. The van der Waals surface area contributed by atoms with Crippen LogP contribution in [0.3, 0.4) is 0 Å². The zero-order chi connectivity index (χ0) is 17.5. The molecule has 1 amide bonds. The SMILES string of the molecule is CCC(C)N1CCC(C(=O)NCCC2CCCN(C(C)C)C2)CC1. The van der Waals surface area contributed by atoms with E-state index in [9.17, 15) is 4.79 Å². The molecule has 4 heteroatoms. The molecule has 0 aliphatic carbocycles. The molecule has 0 aromatic carbocycles. The van der Waals surface area contributed by atoms with E-state index in [-0.39, 0.29) is 5.92 Å². The van der Waals surface area contributed by atoms with Crippen LogP contribution in [0.1, 0.15) is 66.2 Å². The number of nitrogens with one attached hydrogen (secondary N) is 1. The Morgan fingerprint density at radius 2 is 1.79 bits per heavy atom. The standard InChI is InChI=1S/C20H39N3O/c1-5-17(4)22-13-9-19(10-14-22)20(24)21-11-8-18-7-6-12-23(15-18)16(2)3/h16-19H,5-15H2,1-4H3,(H,21,24). The van der Waals surface area contributed by atoms with Gasteiger partial charge in [-0.05, 0) is 84.8 Å². The van der Waals surface area contributed by atoms with Gasteiger partial charge in [-0.3, -0.25) is 4.79 Å². The number of nitrogens with zero attached hydrogens (tertiary/aromatic N) is 2. The van der Waals surface area contributed by atoms with Crippen molar-refractivity contribution in [1.82, 2.24) is 15.1 Å². The Kier molecular flexibility index (Phi) is 8.02. The van der Waals surface area contributed by atoms with Gasteiger partial charge in [0.15, 0.2) is 0 Å². The van der Waals surface area contributed by atoms with E-state index in [4.69, 9.17) is 0 Å². The van der Waals surface area contributed by atoms with Gasteiger partial charge in [-0.15, -0.1) is 0 Å². The zero-order valence-corrected chi connectivity index (χ0v) is 16.4. The highest BCUT2D eigenvalue weighted by atomic mass is 16.1. The first-order valence-electron chi connectivity index (χ1n) is 10.3. The molecule has 0 bridgehead atoms. The van der Waals surface area contributed by atoms with Crippen molar-refractivity contribution in [3.05, 3.63) is 0 Å². The first-order valence-corrected chi connectivity index (χ1v) is 10.3. The second-order valence-corrected chi connectivity index (χ2v) is 8.24. The summed E-state index contributed by atoms with van der Waals surface area (Å²) >= 11 is 0. The molecule has 1 N–H and O–H groups in total. The van der Waals surface area contributed by atoms with Crippen LogP contribution >= 0.6 is 0 Å². The molecular formula is C20H39N3O. The molecule has 2 aliphatic heterocycles. The van der Waals surface area contributed by atoms with Gasteiger partial charge in [0.2, 0.25) is 5.91 Å². The summed E-state index contributed by atoms with van der Waals surface area (Å²) in [4.78, 5) is 17.5. The fraction of sp³-hybridized carbons (Fsp3) is 0.950. The molecule has 0 saturated carbocycles. The Morgan fingerprint density at radius 1 is 1.08 bits per heavy atom. The van der Waals surface area contributed by atoms with Crippen molar-refractivity contribution < 1.29 is 4.79 Å². The third-order valence-corrected chi connectivity index (χ3v) is 6.25. The first kappa shape index (κ1) is 19.7. The van der Waals surface area contributed by atoms with E-state index in [1.807, 2.05) is 0 Å². The van der Waals surface area contributed by atoms with E-state index in [0.717, 1.165) is 44.8 Å². The van der Waals surface area contributed by atoms with Crippen molar-refractivity contribution in [3.8, 4) is 0 Å². The molecule has 2 saturated heterocycles. The van der Waals surface area contributed by atoms with E-state index in [0.29, 0.717) is 18.0 Å². The number of carbonyl (C=O) groups excluding carboxylic acids is 1. The summed E-state index contributed by atoms with van der Waals surface area (Å²) in [6, 6.07) is 1.31. The Bertz CT molecular complexity index is 377. The highest BCUT2D eigenvalue weighted by Crippen LogP contribution is 2.22. The number of amides is 1. The van der Waals surface area contributed by atoms with Gasteiger partial charge in [0, 0.05) is 31.1 Å². The third-order valence-electron chi connectivity index (χ3n) is 6.25. The van der Waals surface area contributed by atoms with Crippen LogP contribution in [-0.2, 0) is 4.79 Å². The van der Waals surface area contributed by atoms with Crippen LogP contribution < -0.4 is 5.32 Å². The van der Waals surface area contributed by atoms with E-state index in [2.05, 4.69) is 42.8 Å². The van der Waals surface area contributed by atoms with Crippen LogP contribution in [0.15, 0.2) is 0 Å². The van der Waals surface area contributed by atoms with E-state index in [1.165, 1.54) is 32.4 Å². The minimum atomic E-state index is 0.240. The lowest BCUT2D eigenvalue weighted by Crippen LogP contribution is -2.44. The first-order chi connectivity index (χ1) is 11.5. The summed E-state index contributed by atoms with van der Waals surface area (Å²) in [5.41, 5.74) is 0. The summed E-state index contributed by atoms with van der Waals surface area (Å²) in [6.45, 7) is 14.6. The minimum absolute atomic E-state index is 0.240. The molecule has 0 aromatic rings. The fourth-order valence-electron chi connectivity index (χ4n) is 4.21. The quantitative estimate of drug-likeness (QED) is 0.775. The molecule has 4 nitrogen and oxygen atoms in total. The molecule has 2 aliphatic rings. The monoisotopic (exact) mass is 337 g/mol. The number of hydrogen-bond acceptors (Lipinski definition) is 3. The van der Waals surface area contributed by atoms with Gasteiger partial charge in [0.25, 0.3) is 0 Å². The van der Waals surface area contributed by atoms with Gasteiger partial charge in [0.05, 0.1) is 0 Å². The lowest BCUT2D eigenvalue weighted by atomic mass is 9.93. The molecule has 2 rings (SSSR count). The van der Waals surface area contributed by atoms with Crippen LogP contribution in [-0.4, -0.2) is 60.5 Å². The van der Waals surface area contributed by atoms with Crippen molar-refractivity contribution in [1.29, 1.82) is 0 Å². The van der Waals surface area contributed by atoms with Crippen molar-refractivity contribution in [2.45, 2.75) is 78.3 Å². The fourth-order valence-corrected chi connectivity index (χ4v) is 4.21. The average Bonchev–Trinajstić information content (AvgIpc) is 2.61. The zero-order valence-electron chi connectivity index (χ0n) is 16.4. The Balaban J connectivity index is 1.63. The van der Waals surface area contributed by atoms with Crippen LogP contribution in [0.25, 0.3) is 0 Å². The summed E-state index contributed by atoms with van der Waals surface area (Å²) in [7, 11) is 0. The van der Waals surface area contributed by atoms with Gasteiger partial charge in [-0.25, -0.2) is 0 Å². The molecule has 0 spiro atoms. The normalized spacial score (nSPS) is 25.8. The number of carbonyl (C=O) groups is 1. The van der Waals surface area contributed by atoms with E-state index >= 15 is 0 Å². The van der Waals surface area contributed by atoms with Crippen LogP contribution in [0.5, 0.6) is 0 Å². The van der Waals surface area contributed by atoms with Gasteiger partial charge < -0.3 is 15.1 Å². The van der Waals surface area contributed by atoms with E-state index in [1.54, 1.807) is 0 Å². The predicted octanol–water partition coefficient (Wildman–Crippen LogP) is 3.12. The highest BCUT2D eigenvalue weighted by molar-refractivity contribution is 5.78. The molecular weight excluding hydrogens is 298 g/mol. The van der Waals surface area contributed by atoms with Crippen LogP contribution in [0.2, 0.25) is 0 Å². The summed E-state index contributed by atoms with van der Waals surface area (Å²) in [5.74, 6) is 1.30. The largest absolute Gasteiger partial charge is 0.356 e. The van der Waals surface area contributed by atoms with Crippen LogP contribution in [0.4, 0.5) is 0 Å². The van der Waals surface area contributed by atoms with Crippen molar-refractivity contribution in [2.75, 3.05) is 32.7 Å². The average molecular weight is 338 g/mol. The lowest BCUT2D eigenvalue weighted by molar-refractivity contribution is -0.126. The van der Waals surface area contributed by atoms with Crippen molar-refractivity contribution in [3.63, 3.8) is 0 Å². The maximum Gasteiger partial charge on any atom is 0.223 e. The molecule has 2 atom stereocenters. The van der Waals surface area contributed by atoms with Crippen LogP contribution in [0, 0.1) is 11.8 Å². The molecule has 0 radical (unpaired) electrons. The number of rotatable bonds is 7. The lowest BCUT2D eigenvalue weighted by Gasteiger charge is -2.36. The second-order valence-electron chi connectivity index (χ2n) is 8.24. The van der Waals surface area contributed by atoms with Crippen molar-refractivity contribution in [2.24, 2.45) is 11.8 Å². The summed E-state index contributed by atoms with van der Waals surface area (Å²) in [6.07, 6.45) is 7.03. The van der Waals surface area contributed by atoms with Gasteiger partial charge in [0.1, 0.15) is 0 Å². The molecule has 140 valence electrons. The Labute approximate surface area is 149 Å². The maximum absolute atomic E-state index is 12.4. The Morgan fingerprint density at radius 3 is 2.42 bits per heavy atom. The molecule has 0 aromatic heterocycles. The highest BCUT2D eigenvalue weighted by Gasteiger charge is 2.27. The van der Waals surface area contributed by atoms with Gasteiger partial charge in [-0.1, -0.05) is 6.92 Å². The number of hydrogen-bond donors (Lipinski definition) is 1. The second kappa shape index (κ2) is 9.76. The van der Waals surface area contributed by atoms with E-state index < -0.39 is 0 Å². The summed E-state index contributed by atoms with van der Waals surface area (Å²) in [5, 5.41) is 3.23.